The summed E-state index contributed by atoms with van der Waals surface area (Å²) in [5.74, 6) is -0.0955. The maximum absolute atomic E-state index is 12.4. The van der Waals surface area contributed by atoms with Crippen molar-refractivity contribution in [1.29, 1.82) is 0 Å². The van der Waals surface area contributed by atoms with E-state index in [0.717, 1.165) is 27.9 Å². The number of nitrogens with zero attached hydrogens (tertiary/aromatic N) is 2. The van der Waals surface area contributed by atoms with E-state index in [0.29, 0.717) is 17.9 Å². The number of aromatic amines is 1. The Morgan fingerprint density at radius 3 is 2.39 bits per heavy atom. The highest BCUT2D eigenvalue weighted by atomic mass is 16.2. The van der Waals surface area contributed by atoms with Crippen molar-refractivity contribution in [1.82, 2.24) is 20.2 Å². The first kappa shape index (κ1) is 22.3. The molecule has 2 heterocycles. The van der Waals surface area contributed by atoms with Gasteiger partial charge in [0.25, 0.3) is 5.91 Å². The van der Waals surface area contributed by atoms with Crippen molar-refractivity contribution in [2.45, 2.75) is 40.0 Å². The van der Waals surface area contributed by atoms with E-state index >= 15 is 0 Å². The number of fused-ring (bicyclic) bond motifs is 1. The average Bonchev–Trinajstić information content (AvgIpc) is 3.13. The van der Waals surface area contributed by atoms with Crippen LogP contribution in [0.1, 0.15) is 53.3 Å². The van der Waals surface area contributed by atoms with Gasteiger partial charge in [0, 0.05) is 38.0 Å². The molecule has 0 aliphatic rings. The minimum absolute atomic E-state index is 0.265. The number of pyridine rings is 1. The second-order valence-electron chi connectivity index (χ2n) is 8.50. The molecule has 2 aromatic heterocycles. The molecular weight excluding hydrogens is 388 g/mol. The number of nitrogens with one attached hydrogen (secondary N) is 2. The highest BCUT2D eigenvalue weighted by molar-refractivity contribution is 6.22. The number of carbonyl (C=O) groups excluding carboxylic acids is 2. The van der Waals surface area contributed by atoms with Crippen molar-refractivity contribution in [3.8, 4) is 0 Å². The molecule has 6 nitrogen and oxygen atoms in total. The van der Waals surface area contributed by atoms with Crippen LogP contribution in [0, 0.1) is 13.8 Å². The van der Waals surface area contributed by atoms with Crippen molar-refractivity contribution in [3.63, 3.8) is 0 Å². The zero-order valence-corrected chi connectivity index (χ0v) is 19.1. The van der Waals surface area contributed by atoms with Crippen LogP contribution in [0.3, 0.4) is 0 Å². The fraction of sp³-hybridized carbons (Fsp3) is 0.320. The van der Waals surface area contributed by atoms with Gasteiger partial charge in [-0.15, -0.1) is 0 Å². The van der Waals surface area contributed by atoms with Crippen molar-refractivity contribution in [2.75, 3.05) is 14.1 Å². The maximum atomic E-state index is 12.4. The SMILES string of the molecule is C=C(C(=O)NC(=O)N(C)C)c1cc(C)c(Cc2ccc3[nH]cc(C(C)C)c3n2)c(C)c1. The molecule has 0 aliphatic heterocycles. The van der Waals surface area contributed by atoms with Crippen LogP contribution in [0.4, 0.5) is 4.79 Å². The van der Waals surface area contributed by atoms with E-state index < -0.39 is 11.9 Å². The van der Waals surface area contributed by atoms with Gasteiger partial charge in [0.05, 0.1) is 11.0 Å². The molecule has 0 radical (unpaired) electrons. The molecule has 0 aliphatic carbocycles. The highest BCUT2D eigenvalue weighted by Gasteiger charge is 2.17. The summed E-state index contributed by atoms with van der Waals surface area (Å²) < 4.78 is 0. The Bertz CT molecular complexity index is 1150. The average molecular weight is 419 g/mol. The molecule has 0 fully saturated rings. The number of hydrogen-bond acceptors (Lipinski definition) is 3. The number of H-pyrrole nitrogens is 1. The smallest absolute Gasteiger partial charge is 0.323 e. The van der Waals surface area contributed by atoms with Gasteiger partial charge in [0.1, 0.15) is 0 Å². The van der Waals surface area contributed by atoms with Crippen LogP contribution >= 0.6 is 0 Å². The number of aryl methyl sites for hydroxylation is 2. The van der Waals surface area contributed by atoms with Gasteiger partial charge < -0.3 is 9.88 Å². The number of urea groups is 1. The van der Waals surface area contributed by atoms with Gasteiger partial charge in [0.2, 0.25) is 0 Å². The monoisotopic (exact) mass is 418 g/mol. The minimum atomic E-state index is -0.494. The van der Waals surface area contributed by atoms with Gasteiger partial charge in [-0.2, -0.15) is 0 Å². The summed E-state index contributed by atoms with van der Waals surface area (Å²) in [7, 11) is 3.16. The number of carbonyl (C=O) groups is 2. The Balaban J connectivity index is 1.86. The van der Waals surface area contributed by atoms with Crippen LogP contribution in [-0.2, 0) is 11.2 Å². The van der Waals surface area contributed by atoms with Gasteiger partial charge in [-0.1, -0.05) is 32.6 Å². The lowest BCUT2D eigenvalue weighted by Gasteiger charge is -2.15. The molecule has 3 rings (SSSR count). The van der Waals surface area contributed by atoms with Gasteiger partial charge in [-0.05, 0) is 59.7 Å². The van der Waals surface area contributed by atoms with E-state index in [-0.39, 0.29) is 5.57 Å². The molecule has 31 heavy (non-hydrogen) atoms. The van der Waals surface area contributed by atoms with E-state index in [9.17, 15) is 9.59 Å². The van der Waals surface area contributed by atoms with Crippen molar-refractivity contribution in [2.24, 2.45) is 0 Å². The van der Waals surface area contributed by atoms with Crippen LogP contribution in [0.15, 0.2) is 37.0 Å². The third-order valence-corrected chi connectivity index (χ3v) is 5.53. The minimum Gasteiger partial charge on any atom is -0.360 e. The van der Waals surface area contributed by atoms with Crippen LogP contribution in [0.5, 0.6) is 0 Å². The molecule has 0 saturated carbocycles. The summed E-state index contributed by atoms with van der Waals surface area (Å²) in [6, 6.07) is 7.55. The number of benzene rings is 1. The topological polar surface area (TPSA) is 78.1 Å². The normalized spacial score (nSPS) is 11.1. The summed E-state index contributed by atoms with van der Waals surface area (Å²) in [6.07, 6.45) is 2.74. The molecular formula is C25H30N4O2. The van der Waals surface area contributed by atoms with E-state index in [2.05, 4.69) is 42.9 Å². The fourth-order valence-corrected chi connectivity index (χ4v) is 3.64. The third-order valence-electron chi connectivity index (χ3n) is 5.53. The first-order valence-corrected chi connectivity index (χ1v) is 10.4. The molecule has 3 aromatic rings. The molecule has 0 spiro atoms. The molecule has 0 atom stereocenters. The summed E-state index contributed by atoms with van der Waals surface area (Å²) in [4.78, 5) is 33.7. The number of rotatable bonds is 5. The fourth-order valence-electron chi connectivity index (χ4n) is 3.64. The third kappa shape index (κ3) is 4.68. The lowest BCUT2D eigenvalue weighted by molar-refractivity contribution is -0.114. The number of hydrogen-bond donors (Lipinski definition) is 2. The Kier molecular flexibility index (Phi) is 6.29. The molecule has 0 unspecified atom stereocenters. The number of imide groups is 1. The van der Waals surface area contributed by atoms with Crippen LogP contribution < -0.4 is 5.32 Å². The predicted octanol–water partition coefficient (Wildman–Crippen LogP) is 4.70. The predicted molar refractivity (Wildman–Crippen MR) is 125 cm³/mol. The number of aromatic nitrogens is 2. The van der Waals surface area contributed by atoms with E-state index in [4.69, 9.17) is 4.98 Å². The molecule has 6 heteroatoms. The quantitative estimate of drug-likeness (QED) is 0.589. The Labute approximate surface area is 183 Å². The van der Waals surface area contributed by atoms with Crippen LogP contribution in [0.25, 0.3) is 16.6 Å². The lowest BCUT2D eigenvalue weighted by atomic mass is 9.93. The van der Waals surface area contributed by atoms with Crippen molar-refractivity contribution < 1.29 is 9.59 Å². The molecule has 162 valence electrons. The van der Waals surface area contributed by atoms with Crippen LogP contribution in [-0.4, -0.2) is 40.9 Å². The standard InChI is InChI=1S/C25H30N4O2/c1-14(2)21-13-26-22-9-8-19(27-23(21)22)12-20-15(3)10-18(11-16(20)4)17(5)24(30)28-25(31)29(6)7/h8-11,13-14,26H,5,12H2,1-4,6-7H3,(H,28,30,31). The molecule has 2 N–H and O–H groups in total. The zero-order valence-electron chi connectivity index (χ0n) is 19.1. The van der Waals surface area contributed by atoms with Crippen LogP contribution in [0.2, 0.25) is 0 Å². The summed E-state index contributed by atoms with van der Waals surface area (Å²) in [6.45, 7) is 12.3. The van der Waals surface area contributed by atoms with Gasteiger partial charge in [0.15, 0.2) is 0 Å². The van der Waals surface area contributed by atoms with Gasteiger partial charge in [-0.3, -0.25) is 15.1 Å². The van der Waals surface area contributed by atoms with Crippen molar-refractivity contribution >= 4 is 28.5 Å². The first-order valence-electron chi connectivity index (χ1n) is 10.4. The van der Waals surface area contributed by atoms with Crippen molar-refractivity contribution in [3.05, 3.63) is 70.6 Å². The largest absolute Gasteiger partial charge is 0.360 e. The Morgan fingerprint density at radius 2 is 1.81 bits per heavy atom. The Hall–Kier alpha value is -3.41. The second kappa shape index (κ2) is 8.76. The molecule has 0 saturated heterocycles. The second-order valence-corrected chi connectivity index (χ2v) is 8.50. The van der Waals surface area contributed by atoms with Gasteiger partial charge >= 0.3 is 6.03 Å². The highest BCUT2D eigenvalue weighted by Crippen LogP contribution is 2.27. The van der Waals surface area contributed by atoms with E-state index in [1.54, 1.807) is 14.1 Å². The summed E-state index contributed by atoms with van der Waals surface area (Å²) in [5, 5.41) is 2.34. The molecule has 1 aromatic carbocycles. The summed E-state index contributed by atoms with van der Waals surface area (Å²) in [5.41, 5.74) is 8.55. The van der Waals surface area contributed by atoms with E-state index in [1.165, 1.54) is 16.0 Å². The van der Waals surface area contributed by atoms with E-state index in [1.807, 2.05) is 32.2 Å². The maximum Gasteiger partial charge on any atom is 0.323 e. The number of amides is 3. The Morgan fingerprint density at radius 1 is 1.16 bits per heavy atom. The molecule has 3 amide bonds. The summed E-state index contributed by atoms with van der Waals surface area (Å²) >= 11 is 0. The lowest BCUT2D eigenvalue weighted by Crippen LogP contribution is -2.38. The zero-order chi connectivity index (χ0) is 22.9. The molecule has 0 bridgehead atoms. The van der Waals surface area contributed by atoms with Gasteiger partial charge in [-0.25, -0.2) is 4.79 Å². The first-order chi connectivity index (χ1) is 14.6.